The Kier molecular flexibility index (Phi) is 6.59. The predicted molar refractivity (Wildman–Crippen MR) is 89.9 cm³/mol. The van der Waals surface area contributed by atoms with Gasteiger partial charge in [-0.1, -0.05) is 6.07 Å². The highest BCUT2D eigenvalue weighted by Gasteiger charge is 2.24. The van der Waals surface area contributed by atoms with E-state index >= 15 is 0 Å². The second-order valence-electron chi connectivity index (χ2n) is 5.77. The molecule has 1 N–H and O–H groups in total. The van der Waals surface area contributed by atoms with Crippen LogP contribution in [0.15, 0.2) is 29.2 Å². The molecule has 1 saturated heterocycles. The van der Waals surface area contributed by atoms with Crippen molar-refractivity contribution in [1.29, 1.82) is 0 Å². The van der Waals surface area contributed by atoms with Gasteiger partial charge in [0.15, 0.2) is 9.84 Å². The van der Waals surface area contributed by atoms with Crippen molar-refractivity contribution in [2.24, 2.45) is 0 Å². The van der Waals surface area contributed by atoms with Crippen LogP contribution in [-0.2, 0) is 19.4 Å². The summed E-state index contributed by atoms with van der Waals surface area (Å²) in [7, 11) is -1.51. The summed E-state index contributed by atoms with van der Waals surface area (Å²) >= 11 is 0. The van der Waals surface area contributed by atoms with Crippen molar-refractivity contribution >= 4 is 15.7 Å². The summed E-state index contributed by atoms with van der Waals surface area (Å²) in [6.45, 7) is 2.80. The molecule has 134 valence electrons. The van der Waals surface area contributed by atoms with Crippen LogP contribution in [-0.4, -0.2) is 71.5 Å². The van der Waals surface area contributed by atoms with E-state index < -0.39 is 15.9 Å². The zero-order chi connectivity index (χ0) is 17.6. The number of amides is 1. The van der Waals surface area contributed by atoms with Crippen molar-refractivity contribution in [3.05, 3.63) is 24.3 Å². The molecule has 1 aliphatic rings. The average Bonchev–Trinajstić information content (AvgIpc) is 2.58. The molecule has 8 heteroatoms. The number of nitrogens with zero attached hydrogens (tertiary/aromatic N) is 1. The molecule has 1 unspecified atom stereocenters. The molecule has 0 spiro atoms. The molecule has 24 heavy (non-hydrogen) atoms. The van der Waals surface area contributed by atoms with E-state index in [1.807, 2.05) is 0 Å². The maximum absolute atomic E-state index is 12.2. The lowest BCUT2D eigenvalue weighted by Gasteiger charge is -2.27. The van der Waals surface area contributed by atoms with Gasteiger partial charge in [0.05, 0.1) is 18.1 Å². The Labute approximate surface area is 142 Å². The number of hydrogen-bond acceptors (Lipinski definition) is 6. The minimum Gasteiger partial charge on any atom is -0.493 e. The smallest absolute Gasteiger partial charge is 0.252 e. The number of hydrogen-bond donors (Lipinski definition) is 1. The highest BCUT2D eigenvalue weighted by molar-refractivity contribution is 7.90. The van der Waals surface area contributed by atoms with E-state index in [2.05, 4.69) is 5.32 Å². The molecule has 2 rings (SSSR count). The Balaban J connectivity index is 1.75. The van der Waals surface area contributed by atoms with Crippen LogP contribution in [0.4, 0.5) is 0 Å². The molecule has 1 aromatic carbocycles. The second kappa shape index (κ2) is 8.46. The highest BCUT2D eigenvalue weighted by Crippen LogP contribution is 2.17. The standard InChI is InChI=1S/C16H24N2O5S/c1-18(16(19)15-12-17-7-10-23-15)8-4-9-22-13-5-3-6-14(11-13)24(2,20)21/h3,5-6,11,15,17H,4,7-10,12H2,1-2H3. The molecule has 1 atom stereocenters. The van der Waals surface area contributed by atoms with Gasteiger partial charge >= 0.3 is 0 Å². The number of benzene rings is 1. The molecular formula is C16H24N2O5S. The Morgan fingerprint density at radius 2 is 2.25 bits per heavy atom. The lowest BCUT2D eigenvalue weighted by molar-refractivity contribution is -0.143. The number of ether oxygens (including phenoxy) is 2. The van der Waals surface area contributed by atoms with Crippen molar-refractivity contribution in [1.82, 2.24) is 10.2 Å². The Bertz CT molecular complexity index is 656. The summed E-state index contributed by atoms with van der Waals surface area (Å²) in [5, 5.41) is 3.13. The van der Waals surface area contributed by atoms with E-state index in [0.29, 0.717) is 38.5 Å². The predicted octanol–water partition coefficient (Wildman–Crippen LogP) is 0.306. The highest BCUT2D eigenvalue weighted by atomic mass is 32.2. The van der Waals surface area contributed by atoms with Gasteiger partial charge in [0, 0.05) is 32.9 Å². The lowest BCUT2D eigenvalue weighted by Crippen LogP contribution is -2.48. The number of nitrogens with one attached hydrogen (secondary N) is 1. The number of carbonyl (C=O) groups excluding carboxylic acids is 1. The van der Waals surface area contributed by atoms with E-state index in [9.17, 15) is 13.2 Å². The molecule has 0 aromatic heterocycles. The number of carbonyl (C=O) groups is 1. The maximum Gasteiger partial charge on any atom is 0.252 e. The molecule has 1 aromatic rings. The van der Waals surface area contributed by atoms with Crippen LogP contribution in [0.2, 0.25) is 0 Å². The molecule has 7 nitrogen and oxygen atoms in total. The van der Waals surface area contributed by atoms with Crippen LogP contribution in [0, 0.1) is 0 Å². The summed E-state index contributed by atoms with van der Waals surface area (Å²) in [6.07, 6.45) is 1.39. The van der Waals surface area contributed by atoms with Crippen LogP contribution in [0.1, 0.15) is 6.42 Å². The average molecular weight is 356 g/mol. The zero-order valence-corrected chi connectivity index (χ0v) is 14.8. The SMILES string of the molecule is CN(CCCOc1cccc(S(C)(=O)=O)c1)C(=O)C1CNCCO1. The van der Waals surface area contributed by atoms with Crippen molar-refractivity contribution in [3.8, 4) is 5.75 Å². The zero-order valence-electron chi connectivity index (χ0n) is 14.0. The summed E-state index contributed by atoms with van der Waals surface area (Å²) < 4.78 is 34.0. The van der Waals surface area contributed by atoms with Gasteiger partial charge in [-0.3, -0.25) is 4.79 Å². The fraction of sp³-hybridized carbons (Fsp3) is 0.562. The van der Waals surface area contributed by atoms with Crippen LogP contribution >= 0.6 is 0 Å². The van der Waals surface area contributed by atoms with Crippen LogP contribution < -0.4 is 10.1 Å². The molecule has 1 heterocycles. The van der Waals surface area contributed by atoms with Gasteiger partial charge in [0.1, 0.15) is 11.9 Å². The van der Waals surface area contributed by atoms with Crippen molar-refractivity contribution in [2.75, 3.05) is 46.2 Å². The van der Waals surface area contributed by atoms with Gasteiger partial charge < -0.3 is 19.7 Å². The fourth-order valence-electron chi connectivity index (χ4n) is 2.37. The fourth-order valence-corrected chi connectivity index (χ4v) is 3.02. The first-order valence-electron chi connectivity index (χ1n) is 7.88. The van der Waals surface area contributed by atoms with Gasteiger partial charge in [-0.2, -0.15) is 0 Å². The minimum atomic E-state index is -3.25. The van der Waals surface area contributed by atoms with E-state index in [-0.39, 0.29) is 10.8 Å². The minimum absolute atomic E-state index is 0.0405. The number of likely N-dealkylation sites (N-methyl/N-ethyl adjacent to an activating group) is 1. The summed E-state index contributed by atoms with van der Waals surface area (Å²) in [5.74, 6) is 0.466. The van der Waals surface area contributed by atoms with Gasteiger partial charge in [0.25, 0.3) is 5.91 Å². The topological polar surface area (TPSA) is 84.9 Å². The van der Waals surface area contributed by atoms with Gasteiger partial charge in [0.2, 0.25) is 0 Å². The number of rotatable bonds is 7. The molecule has 0 bridgehead atoms. The van der Waals surface area contributed by atoms with Crippen molar-refractivity contribution < 1.29 is 22.7 Å². The largest absolute Gasteiger partial charge is 0.493 e. The lowest BCUT2D eigenvalue weighted by atomic mass is 10.2. The monoisotopic (exact) mass is 356 g/mol. The van der Waals surface area contributed by atoms with E-state index in [4.69, 9.17) is 9.47 Å². The van der Waals surface area contributed by atoms with Gasteiger partial charge in [-0.05, 0) is 24.6 Å². The Morgan fingerprint density at radius 3 is 2.92 bits per heavy atom. The number of sulfone groups is 1. The first-order chi connectivity index (χ1) is 11.4. The Hall–Kier alpha value is -1.64. The summed E-state index contributed by atoms with van der Waals surface area (Å²) in [6, 6.07) is 6.40. The van der Waals surface area contributed by atoms with Crippen LogP contribution in [0.3, 0.4) is 0 Å². The third kappa shape index (κ3) is 5.47. The normalized spacial score (nSPS) is 18.2. The van der Waals surface area contributed by atoms with Gasteiger partial charge in [-0.15, -0.1) is 0 Å². The molecule has 1 fully saturated rings. The Morgan fingerprint density at radius 1 is 1.46 bits per heavy atom. The van der Waals surface area contributed by atoms with E-state index in [0.717, 1.165) is 12.8 Å². The van der Waals surface area contributed by atoms with Crippen LogP contribution in [0.5, 0.6) is 5.75 Å². The third-order valence-electron chi connectivity index (χ3n) is 3.72. The first kappa shape index (κ1) is 18.7. The van der Waals surface area contributed by atoms with Crippen molar-refractivity contribution in [3.63, 3.8) is 0 Å². The molecular weight excluding hydrogens is 332 g/mol. The summed E-state index contributed by atoms with van der Waals surface area (Å²) in [5.41, 5.74) is 0. The third-order valence-corrected chi connectivity index (χ3v) is 4.83. The second-order valence-corrected chi connectivity index (χ2v) is 7.79. The first-order valence-corrected chi connectivity index (χ1v) is 9.77. The quantitative estimate of drug-likeness (QED) is 0.708. The summed E-state index contributed by atoms with van der Waals surface area (Å²) in [4.78, 5) is 14.0. The molecule has 0 saturated carbocycles. The van der Waals surface area contributed by atoms with Crippen molar-refractivity contribution in [2.45, 2.75) is 17.4 Å². The molecule has 0 radical (unpaired) electrons. The molecule has 1 amide bonds. The molecule has 0 aliphatic carbocycles. The van der Waals surface area contributed by atoms with E-state index in [1.165, 1.54) is 12.1 Å². The van der Waals surface area contributed by atoms with Crippen LogP contribution in [0.25, 0.3) is 0 Å². The number of morpholine rings is 1. The molecule has 1 aliphatic heterocycles. The maximum atomic E-state index is 12.2. The van der Waals surface area contributed by atoms with Gasteiger partial charge in [-0.25, -0.2) is 8.42 Å². The van der Waals surface area contributed by atoms with E-state index in [1.54, 1.807) is 24.1 Å².